The van der Waals surface area contributed by atoms with Crippen LogP contribution in [-0.2, 0) is 14.3 Å². The first-order valence-corrected chi connectivity index (χ1v) is 8.42. The van der Waals surface area contributed by atoms with Gasteiger partial charge >= 0.3 is 5.97 Å². The summed E-state index contributed by atoms with van der Waals surface area (Å²) in [4.78, 5) is 10.7. The van der Waals surface area contributed by atoms with Crippen molar-refractivity contribution in [3.05, 3.63) is 11.6 Å². The van der Waals surface area contributed by atoms with E-state index < -0.39 is 30.4 Å². The van der Waals surface area contributed by atoms with Gasteiger partial charge < -0.3 is 29.9 Å². The smallest absolute Gasteiger partial charge is 0.328 e. The van der Waals surface area contributed by atoms with Crippen LogP contribution in [0, 0.1) is 11.8 Å². The molecule has 0 aromatic carbocycles. The van der Waals surface area contributed by atoms with Crippen molar-refractivity contribution in [1.82, 2.24) is 0 Å². The number of hydrogen-bond donors (Lipinski definition) is 4. The van der Waals surface area contributed by atoms with Gasteiger partial charge in [-0.05, 0) is 26.7 Å². The van der Waals surface area contributed by atoms with Crippen LogP contribution < -0.4 is 0 Å². The average Bonchev–Trinajstić information content (AvgIpc) is 3.24. The summed E-state index contributed by atoms with van der Waals surface area (Å²) in [6.45, 7) is 5.59. The van der Waals surface area contributed by atoms with E-state index in [4.69, 9.17) is 14.6 Å². The van der Waals surface area contributed by atoms with Gasteiger partial charge in [0.2, 0.25) is 0 Å². The predicted octanol–water partition coefficient (Wildman–Crippen LogP) is 0.319. The van der Waals surface area contributed by atoms with Crippen LogP contribution in [0.5, 0.6) is 0 Å². The highest BCUT2D eigenvalue weighted by Crippen LogP contribution is 2.38. The Morgan fingerprint density at radius 3 is 2.50 bits per heavy atom. The summed E-state index contributed by atoms with van der Waals surface area (Å²) in [6, 6.07) is 0. The van der Waals surface area contributed by atoms with Crippen molar-refractivity contribution in [2.75, 3.05) is 6.61 Å². The second-order valence-electron chi connectivity index (χ2n) is 7.12. The van der Waals surface area contributed by atoms with Crippen LogP contribution in [0.1, 0.15) is 33.6 Å². The highest BCUT2D eigenvalue weighted by molar-refractivity contribution is 5.80. The number of aliphatic carboxylic acids is 1. The normalized spacial score (nSPS) is 39.3. The van der Waals surface area contributed by atoms with Crippen LogP contribution in [0.25, 0.3) is 0 Å². The predicted molar refractivity (Wildman–Crippen MR) is 85.4 cm³/mol. The SMILES string of the molecule is C/C(=C\C(=O)O)C[C@@H]1OC[C@@H](CC2OC2[C@@H](C)C(C)O)[C@H](O)[C@@H]1O. The molecule has 2 rings (SSSR count). The molecule has 24 heavy (non-hydrogen) atoms. The van der Waals surface area contributed by atoms with Gasteiger partial charge in [0, 0.05) is 17.9 Å². The molecule has 2 heterocycles. The zero-order chi connectivity index (χ0) is 18.0. The lowest BCUT2D eigenvalue weighted by molar-refractivity contribution is -0.165. The number of carboxylic acids is 1. The topological polar surface area (TPSA) is 120 Å². The van der Waals surface area contributed by atoms with Crippen molar-refractivity contribution in [1.29, 1.82) is 0 Å². The molecule has 0 saturated carbocycles. The van der Waals surface area contributed by atoms with Gasteiger partial charge in [-0.1, -0.05) is 12.5 Å². The van der Waals surface area contributed by atoms with E-state index in [-0.39, 0.29) is 30.5 Å². The van der Waals surface area contributed by atoms with Gasteiger partial charge in [0.15, 0.2) is 0 Å². The lowest BCUT2D eigenvalue weighted by atomic mass is 9.85. The standard InChI is InChI=1S/C17H28O7/c1-8(5-14(19)20)4-12-16(22)15(21)11(7-23-12)6-13-17(24-13)9(2)10(3)18/h5,9-13,15-18,21-22H,4,6-7H2,1-3H3,(H,19,20)/b8-5+/t9-,10?,11+,12-,13?,15-,16+,17?/m0/s1. The molecule has 0 aromatic rings. The molecule has 7 nitrogen and oxygen atoms in total. The van der Waals surface area contributed by atoms with E-state index in [0.717, 1.165) is 6.08 Å². The molecule has 0 bridgehead atoms. The van der Waals surface area contributed by atoms with Crippen LogP contribution >= 0.6 is 0 Å². The first-order chi connectivity index (χ1) is 11.2. The molecule has 2 fully saturated rings. The average molecular weight is 344 g/mol. The fraction of sp³-hybridized carbons (Fsp3) is 0.824. The highest BCUT2D eigenvalue weighted by atomic mass is 16.6. The zero-order valence-electron chi connectivity index (χ0n) is 14.3. The van der Waals surface area contributed by atoms with Crippen molar-refractivity contribution in [3.63, 3.8) is 0 Å². The van der Waals surface area contributed by atoms with Gasteiger partial charge in [0.25, 0.3) is 0 Å². The molecule has 3 unspecified atom stereocenters. The van der Waals surface area contributed by atoms with Gasteiger partial charge in [0.1, 0.15) is 6.10 Å². The summed E-state index contributed by atoms with van der Waals surface area (Å²) >= 11 is 0. The number of carboxylic acid groups (broad SMARTS) is 1. The van der Waals surface area contributed by atoms with Crippen molar-refractivity contribution in [3.8, 4) is 0 Å². The van der Waals surface area contributed by atoms with Crippen LogP contribution in [-0.4, -0.2) is 69.6 Å². The van der Waals surface area contributed by atoms with E-state index in [1.165, 1.54) is 0 Å². The molecule has 2 aliphatic rings. The van der Waals surface area contributed by atoms with Crippen molar-refractivity contribution >= 4 is 5.97 Å². The number of epoxide rings is 1. The minimum Gasteiger partial charge on any atom is -0.478 e. The fourth-order valence-electron chi connectivity index (χ4n) is 3.30. The van der Waals surface area contributed by atoms with Gasteiger partial charge in [-0.25, -0.2) is 4.79 Å². The molecule has 138 valence electrons. The van der Waals surface area contributed by atoms with Gasteiger partial charge in [-0.15, -0.1) is 0 Å². The molecule has 4 N–H and O–H groups in total. The first kappa shape index (κ1) is 19.3. The summed E-state index contributed by atoms with van der Waals surface area (Å²) in [5.74, 6) is -1.25. The van der Waals surface area contributed by atoms with E-state index in [2.05, 4.69) is 0 Å². The molecule has 0 aliphatic carbocycles. The molecule has 0 radical (unpaired) electrons. The summed E-state index contributed by atoms with van der Waals surface area (Å²) < 4.78 is 11.2. The summed E-state index contributed by atoms with van der Waals surface area (Å²) in [5.41, 5.74) is 0.577. The van der Waals surface area contributed by atoms with Crippen LogP contribution in [0.4, 0.5) is 0 Å². The molecular weight excluding hydrogens is 316 g/mol. The summed E-state index contributed by atoms with van der Waals surface area (Å²) in [6.07, 6.45) is -1.21. The maximum atomic E-state index is 10.7. The minimum atomic E-state index is -1.06. The quantitative estimate of drug-likeness (QED) is 0.388. The third kappa shape index (κ3) is 4.77. The van der Waals surface area contributed by atoms with E-state index >= 15 is 0 Å². The van der Waals surface area contributed by atoms with E-state index in [1.807, 2.05) is 6.92 Å². The van der Waals surface area contributed by atoms with Crippen LogP contribution in [0.15, 0.2) is 11.6 Å². The van der Waals surface area contributed by atoms with Crippen LogP contribution in [0.3, 0.4) is 0 Å². The number of aliphatic hydroxyl groups is 3. The van der Waals surface area contributed by atoms with E-state index in [1.54, 1.807) is 13.8 Å². The maximum absolute atomic E-state index is 10.7. The zero-order valence-corrected chi connectivity index (χ0v) is 14.3. The first-order valence-electron chi connectivity index (χ1n) is 8.42. The number of ether oxygens (including phenoxy) is 2. The second-order valence-corrected chi connectivity index (χ2v) is 7.12. The van der Waals surface area contributed by atoms with E-state index in [9.17, 15) is 20.1 Å². The van der Waals surface area contributed by atoms with Gasteiger partial charge in [0.05, 0.1) is 37.1 Å². The Bertz CT molecular complexity index is 476. The van der Waals surface area contributed by atoms with Crippen molar-refractivity contribution in [2.45, 2.75) is 70.2 Å². The summed E-state index contributed by atoms with van der Waals surface area (Å²) in [5, 5.41) is 38.9. The molecule has 0 aromatic heterocycles. The third-order valence-electron chi connectivity index (χ3n) is 5.07. The summed E-state index contributed by atoms with van der Waals surface area (Å²) in [7, 11) is 0. The largest absolute Gasteiger partial charge is 0.478 e. The lowest BCUT2D eigenvalue weighted by Crippen LogP contribution is -2.50. The second kappa shape index (κ2) is 7.93. The molecule has 0 spiro atoms. The monoisotopic (exact) mass is 344 g/mol. The highest BCUT2D eigenvalue weighted by Gasteiger charge is 2.48. The number of rotatable bonds is 7. The minimum absolute atomic E-state index is 0.0205. The number of hydrogen-bond acceptors (Lipinski definition) is 6. The van der Waals surface area contributed by atoms with Gasteiger partial charge in [-0.3, -0.25) is 0 Å². The van der Waals surface area contributed by atoms with E-state index in [0.29, 0.717) is 18.6 Å². The number of aliphatic hydroxyl groups excluding tert-OH is 3. The maximum Gasteiger partial charge on any atom is 0.328 e. The molecule has 0 amide bonds. The molecule has 2 saturated heterocycles. The molecular formula is C17H28O7. The molecule has 8 atom stereocenters. The van der Waals surface area contributed by atoms with Crippen LogP contribution in [0.2, 0.25) is 0 Å². The van der Waals surface area contributed by atoms with Crippen molar-refractivity contribution in [2.24, 2.45) is 11.8 Å². The fourth-order valence-corrected chi connectivity index (χ4v) is 3.30. The van der Waals surface area contributed by atoms with Gasteiger partial charge in [-0.2, -0.15) is 0 Å². The molecule has 2 aliphatic heterocycles. The number of carbonyl (C=O) groups is 1. The Kier molecular flexibility index (Phi) is 6.39. The Morgan fingerprint density at radius 2 is 1.92 bits per heavy atom. The Hall–Kier alpha value is -0.990. The Balaban J connectivity index is 1.84. The van der Waals surface area contributed by atoms with Crippen molar-refractivity contribution < 1.29 is 34.7 Å². The molecule has 7 heteroatoms. The third-order valence-corrected chi connectivity index (χ3v) is 5.07. The Morgan fingerprint density at radius 1 is 1.25 bits per heavy atom. The Labute approximate surface area is 141 Å². The lowest BCUT2D eigenvalue weighted by Gasteiger charge is -2.37.